The second-order valence-electron chi connectivity index (χ2n) is 11.3. The predicted octanol–water partition coefficient (Wildman–Crippen LogP) is 5.46. The maximum absolute atomic E-state index is 12.6. The highest BCUT2D eigenvalue weighted by Gasteiger charge is 2.27. The third-order valence-corrected chi connectivity index (χ3v) is 7.67. The number of phenolic OH excluding ortho intramolecular Hbond substituents is 4. The number of carbonyl (C=O) groups excluding carboxylic acids is 2. The summed E-state index contributed by atoms with van der Waals surface area (Å²) in [4.78, 5) is 24.8. The van der Waals surface area contributed by atoms with Crippen LogP contribution in [0.3, 0.4) is 0 Å². The number of benzene rings is 4. The van der Waals surface area contributed by atoms with E-state index in [1.165, 1.54) is 88.1 Å². The Morgan fingerprint density at radius 2 is 1.17 bits per heavy atom. The molecule has 4 aromatic carbocycles. The Bertz CT molecular complexity index is 1900. The largest absolute Gasteiger partial charge is 0.504 e. The SMILES string of the molecule is COc1cc(C=CC(=O)OCCCc2ccc(O[C@@H](COC(=O)C=Cc3ccc(O)c(OC)c3)[C@@H](O)c3ccc(O)c(OC)c3)c(O)c2)ccc1O. The predicted molar refractivity (Wildman–Crippen MR) is 190 cm³/mol. The molecule has 0 saturated heterocycles. The third-order valence-electron chi connectivity index (χ3n) is 7.67. The first kappa shape index (κ1) is 38.5. The molecule has 0 aromatic heterocycles. The zero-order valence-corrected chi connectivity index (χ0v) is 28.7. The van der Waals surface area contributed by atoms with E-state index in [1.807, 2.05) is 0 Å². The van der Waals surface area contributed by atoms with Gasteiger partial charge in [-0.15, -0.1) is 0 Å². The van der Waals surface area contributed by atoms with E-state index in [0.717, 1.165) is 11.6 Å². The normalized spacial score (nSPS) is 12.3. The summed E-state index contributed by atoms with van der Waals surface area (Å²) in [5, 5.41) is 51.6. The van der Waals surface area contributed by atoms with Crippen molar-refractivity contribution in [1.82, 2.24) is 0 Å². The van der Waals surface area contributed by atoms with Gasteiger partial charge in [0, 0.05) is 12.2 Å². The Morgan fingerprint density at radius 3 is 1.73 bits per heavy atom. The lowest BCUT2D eigenvalue weighted by Gasteiger charge is -2.25. The van der Waals surface area contributed by atoms with E-state index in [1.54, 1.807) is 24.3 Å². The molecule has 4 aromatic rings. The molecule has 0 bridgehead atoms. The third kappa shape index (κ3) is 10.8. The van der Waals surface area contributed by atoms with Crippen molar-refractivity contribution in [2.45, 2.75) is 25.0 Å². The fourth-order valence-electron chi connectivity index (χ4n) is 4.90. The molecule has 0 radical (unpaired) electrons. The van der Waals surface area contributed by atoms with Gasteiger partial charge in [-0.2, -0.15) is 0 Å². The van der Waals surface area contributed by atoms with Gasteiger partial charge in [0.1, 0.15) is 12.7 Å². The molecule has 274 valence electrons. The lowest BCUT2D eigenvalue weighted by molar-refractivity contribution is -0.142. The van der Waals surface area contributed by atoms with Crippen LogP contribution in [0.4, 0.5) is 0 Å². The van der Waals surface area contributed by atoms with Gasteiger partial charge in [0.15, 0.2) is 52.1 Å². The van der Waals surface area contributed by atoms with E-state index in [4.69, 9.17) is 28.4 Å². The van der Waals surface area contributed by atoms with Crippen LogP contribution in [0, 0.1) is 0 Å². The van der Waals surface area contributed by atoms with Crippen LogP contribution in [-0.2, 0) is 25.5 Å². The minimum absolute atomic E-state index is 0.00347. The van der Waals surface area contributed by atoms with Gasteiger partial charge in [-0.1, -0.05) is 24.3 Å². The first-order chi connectivity index (χ1) is 25.0. The number of methoxy groups -OCH3 is 3. The van der Waals surface area contributed by atoms with E-state index in [2.05, 4.69) is 0 Å². The molecule has 52 heavy (non-hydrogen) atoms. The molecule has 13 nitrogen and oxygen atoms in total. The Labute approximate surface area is 300 Å². The smallest absolute Gasteiger partial charge is 0.330 e. The number of phenols is 4. The number of aliphatic hydroxyl groups is 1. The van der Waals surface area contributed by atoms with Crippen LogP contribution in [0.15, 0.2) is 84.9 Å². The Morgan fingerprint density at radius 1 is 0.635 bits per heavy atom. The quantitative estimate of drug-likeness (QED) is 0.0526. The van der Waals surface area contributed by atoms with Gasteiger partial charge >= 0.3 is 11.9 Å². The number of aromatic hydroxyl groups is 4. The molecule has 0 aliphatic rings. The summed E-state index contributed by atoms with van der Waals surface area (Å²) in [6, 6.07) is 18.1. The number of hydrogen-bond donors (Lipinski definition) is 5. The number of aryl methyl sites for hydroxylation is 1. The lowest BCUT2D eigenvalue weighted by Crippen LogP contribution is -2.31. The van der Waals surface area contributed by atoms with Crippen molar-refractivity contribution >= 4 is 24.1 Å². The highest BCUT2D eigenvalue weighted by molar-refractivity contribution is 5.87. The molecule has 0 heterocycles. The average molecular weight is 717 g/mol. The van der Waals surface area contributed by atoms with Crippen molar-refractivity contribution in [2.75, 3.05) is 34.5 Å². The summed E-state index contributed by atoms with van der Waals surface area (Å²) >= 11 is 0. The topological polar surface area (TPSA) is 191 Å². The Balaban J connectivity index is 1.38. The summed E-state index contributed by atoms with van der Waals surface area (Å²) in [6.45, 7) is -0.320. The number of aliphatic hydroxyl groups excluding tert-OH is 1. The summed E-state index contributed by atoms with van der Waals surface area (Å²) < 4.78 is 31.9. The van der Waals surface area contributed by atoms with E-state index >= 15 is 0 Å². The Kier molecular flexibility index (Phi) is 13.8. The molecule has 5 N–H and O–H groups in total. The second-order valence-corrected chi connectivity index (χ2v) is 11.3. The first-order valence-corrected chi connectivity index (χ1v) is 16.0. The van der Waals surface area contributed by atoms with Crippen molar-refractivity contribution < 1.29 is 63.5 Å². The van der Waals surface area contributed by atoms with Crippen LogP contribution in [0.5, 0.6) is 46.0 Å². The number of ether oxygens (including phenoxy) is 6. The van der Waals surface area contributed by atoms with Crippen LogP contribution >= 0.6 is 0 Å². The van der Waals surface area contributed by atoms with Crippen LogP contribution in [-0.4, -0.2) is 78.1 Å². The fraction of sp³-hybridized carbons (Fsp3) is 0.231. The van der Waals surface area contributed by atoms with Crippen LogP contribution in [0.1, 0.15) is 34.8 Å². The monoisotopic (exact) mass is 716 g/mol. The number of hydrogen-bond acceptors (Lipinski definition) is 13. The summed E-state index contributed by atoms with van der Waals surface area (Å²) in [7, 11) is 4.18. The van der Waals surface area contributed by atoms with Crippen LogP contribution in [0.2, 0.25) is 0 Å². The summed E-state index contributed by atoms with van der Waals surface area (Å²) in [5.74, 6) is -1.15. The van der Waals surface area contributed by atoms with Gasteiger partial charge in [-0.25, -0.2) is 9.59 Å². The molecule has 13 heteroatoms. The van der Waals surface area contributed by atoms with E-state index in [9.17, 15) is 35.1 Å². The molecule has 0 fully saturated rings. The number of carbonyl (C=O) groups is 2. The lowest BCUT2D eigenvalue weighted by atomic mass is 10.0. The molecule has 0 unspecified atom stereocenters. The van der Waals surface area contributed by atoms with Crippen molar-refractivity contribution in [2.24, 2.45) is 0 Å². The number of esters is 2. The minimum atomic E-state index is -1.40. The molecule has 0 amide bonds. The molecule has 0 spiro atoms. The Hall–Kier alpha value is -6.34. The average Bonchev–Trinajstić information content (AvgIpc) is 3.15. The van der Waals surface area contributed by atoms with E-state index in [0.29, 0.717) is 24.0 Å². The minimum Gasteiger partial charge on any atom is -0.504 e. The zero-order valence-electron chi connectivity index (χ0n) is 28.7. The highest BCUT2D eigenvalue weighted by Crippen LogP contribution is 2.34. The second kappa shape index (κ2) is 18.6. The van der Waals surface area contributed by atoms with Gasteiger partial charge in [0.2, 0.25) is 0 Å². The van der Waals surface area contributed by atoms with E-state index in [-0.39, 0.29) is 58.2 Å². The van der Waals surface area contributed by atoms with Gasteiger partial charge in [-0.3, -0.25) is 0 Å². The molecule has 4 rings (SSSR count). The number of rotatable bonds is 17. The molecule has 0 aliphatic carbocycles. The van der Waals surface area contributed by atoms with Crippen molar-refractivity contribution in [3.63, 3.8) is 0 Å². The van der Waals surface area contributed by atoms with Crippen molar-refractivity contribution in [3.8, 4) is 46.0 Å². The molecular formula is C39H40O13. The zero-order chi connectivity index (χ0) is 37.6. The van der Waals surface area contributed by atoms with Crippen molar-refractivity contribution in [3.05, 3.63) is 107 Å². The van der Waals surface area contributed by atoms with Crippen molar-refractivity contribution in [1.29, 1.82) is 0 Å². The van der Waals surface area contributed by atoms with Crippen LogP contribution in [0.25, 0.3) is 12.2 Å². The van der Waals surface area contributed by atoms with Gasteiger partial charge in [0.05, 0.1) is 27.9 Å². The fourth-order valence-corrected chi connectivity index (χ4v) is 4.90. The molecule has 0 saturated carbocycles. The summed E-state index contributed by atoms with van der Waals surface area (Å²) in [5.41, 5.74) is 2.20. The maximum atomic E-state index is 12.6. The molecular weight excluding hydrogens is 676 g/mol. The van der Waals surface area contributed by atoms with Crippen LogP contribution < -0.4 is 18.9 Å². The van der Waals surface area contributed by atoms with Gasteiger partial charge < -0.3 is 54.0 Å². The molecule has 2 atom stereocenters. The highest BCUT2D eigenvalue weighted by atomic mass is 16.6. The first-order valence-electron chi connectivity index (χ1n) is 16.0. The summed E-state index contributed by atoms with van der Waals surface area (Å²) in [6.07, 6.45) is 3.72. The van der Waals surface area contributed by atoms with E-state index < -0.39 is 30.8 Å². The van der Waals surface area contributed by atoms with Gasteiger partial charge in [-0.05, 0) is 95.8 Å². The maximum Gasteiger partial charge on any atom is 0.330 e. The standard InChI is InChI=1S/C39H40O13/c1-47-33-20-25(6-12-28(33)40)9-16-37(44)50-18-4-5-24-8-15-32(31(43)19-24)52-36(39(46)27-11-14-30(42)35(22-27)49-3)23-51-38(45)17-10-26-7-13-29(41)34(21-26)48-2/h6-17,19-22,36,39-43,46H,4-5,18,23H2,1-3H3/t36-,39-/m0/s1. The van der Waals surface area contributed by atoms with Gasteiger partial charge in [0.25, 0.3) is 0 Å². The molecule has 0 aliphatic heterocycles.